The summed E-state index contributed by atoms with van der Waals surface area (Å²) in [5.41, 5.74) is 3.72. The fourth-order valence-corrected chi connectivity index (χ4v) is 3.01. The maximum atomic E-state index is 13.0. The van der Waals surface area contributed by atoms with Crippen LogP contribution in [0.5, 0.6) is 0 Å². The van der Waals surface area contributed by atoms with E-state index in [-0.39, 0.29) is 10.8 Å². The van der Waals surface area contributed by atoms with Crippen molar-refractivity contribution in [1.29, 1.82) is 0 Å². The molecule has 0 saturated carbocycles. The van der Waals surface area contributed by atoms with Gasteiger partial charge in [-0.2, -0.15) is 0 Å². The van der Waals surface area contributed by atoms with Crippen molar-refractivity contribution in [2.75, 3.05) is 0 Å². The molecule has 4 rings (SSSR count). The van der Waals surface area contributed by atoms with E-state index in [4.69, 9.17) is 4.42 Å². The molecule has 25 heavy (non-hydrogen) atoms. The van der Waals surface area contributed by atoms with Crippen LogP contribution in [0.3, 0.4) is 0 Å². The van der Waals surface area contributed by atoms with Gasteiger partial charge >= 0.3 is 0 Å². The molecule has 0 radical (unpaired) electrons. The Balaban J connectivity index is 2.06. The third-order valence-corrected chi connectivity index (χ3v) is 4.40. The highest BCUT2D eigenvalue weighted by Gasteiger charge is 2.17. The third kappa shape index (κ3) is 2.60. The Labute approximate surface area is 145 Å². The molecule has 0 fully saturated rings. The summed E-state index contributed by atoms with van der Waals surface area (Å²) >= 11 is 0. The Morgan fingerprint density at radius 2 is 1.84 bits per heavy atom. The molecule has 3 heterocycles. The summed E-state index contributed by atoms with van der Waals surface area (Å²) in [7, 11) is 0. The number of benzene rings is 1. The van der Waals surface area contributed by atoms with Gasteiger partial charge in [0.05, 0.1) is 22.7 Å². The zero-order valence-electron chi connectivity index (χ0n) is 14.4. The summed E-state index contributed by atoms with van der Waals surface area (Å²) in [4.78, 5) is 21.6. The molecule has 0 bridgehead atoms. The summed E-state index contributed by atoms with van der Waals surface area (Å²) in [6, 6.07) is 11.4. The summed E-state index contributed by atoms with van der Waals surface area (Å²) in [5, 5.41) is 1.08. The molecule has 0 aliphatic rings. The Kier molecular flexibility index (Phi) is 3.42. The molecule has 0 aliphatic heterocycles. The minimum absolute atomic E-state index is 0.00527. The van der Waals surface area contributed by atoms with Crippen LogP contribution in [0.4, 0.5) is 0 Å². The van der Waals surface area contributed by atoms with E-state index in [9.17, 15) is 4.79 Å². The van der Waals surface area contributed by atoms with Gasteiger partial charge in [0, 0.05) is 18.0 Å². The maximum Gasteiger partial charge on any atom is 0.201 e. The molecule has 0 unspecified atom stereocenters. The number of fused-ring (bicyclic) bond motifs is 2. The van der Waals surface area contributed by atoms with Gasteiger partial charge in [-0.25, -0.2) is 0 Å². The van der Waals surface area contributed by atoms with Gasteiger partial charge in [0.25, 0.3) is 0 Å². The quantitative estimate of drug-likeness (QED) is 0.475. The maximum absolute atomic E-state index is 13.0. The van der Waals surface area contributed by atoms with Gasteiger partial charge in [-0.15, -0.1) is 0 Å². The van der Waals surface area contributed by atoms with Crippen molar-refractivity contribution in [2.24, 2.45) is 0 Å². The molecule has 1 aromatic carbocycles. The fourth-order valence-electron chi connectivity index (χ4n) is 3.01. The van der Waals surface area contributed by atoms with E-state index in [1.807, 2.05) is 24.3 Å². The average Bonchev–Trinajstić information content (AvgIpc) is 2.61. The van der Waals surface area contributed by atoms with E-state index in [1.165, 1.54) is 5.56 Å². The van der Waals surface area contributed by atoms with Crippen LogP contribution in [-0.2, 0) is 5.41 Å². The number of hydrogen-bond acceptors (Lipinski definition) is 4. The highest BCUT2D eigenvalue weighted by Crippen LogP contribution is 2.30. The molecule has 0 amide bonds. The molecule has 0 atom stereocenters. The van der Waals surface area contributed by atoms with Crippen LogP contribution in [0.1, 0.15) is 26.3 Å². The first-order chi connectivity index (χ1) is 11.9. The van der Waals surface area contributed by atoms with Crippen LogP contribution < -0.4 is 5.43 Å². The van der Waals surface area contributed by atoms with Crippen LogP contribution in [0.2, 0.25) is 0 Å². The molecular weight excluding hydrogens is 312 g/mol. The predicted octanol–water partition coefficient (Wildman–Crippen LogP) is 4.70. The summed E-state index contributed by atoms with van der Waals surface area (Å²) < 4.78 is 5.90. The van der Waals surface area contributed by atoms with Gasteiger partial charge in [-0.1, -0.05) is 32.9 Å². The first-order valence-corrected chi connectivity index (χ1v) is 8.21. The molecule has 4 nitrogen and oxygen atoms in total. The molecule has 4 heteroatoms. The van der Waals surface area contributed by atoms with E-state index < -0.39 is 0 Å². The number of hydrogen-bond donors (Lipinski definition) is 0. The lowest BCUT2D eigenvalue weighted by atomic mass is 9.86. The standard InChI is InChI=1S/C21H18N2O2/c1-21(2,3)13-7-10-23-16(11-13)14-5-4-6-17-19(14)20(24)15-8-9-22-12-18(15)25-17/h4-12H,1-3H3. The lowest BCUT2D eigenvalue weighted by Crippen LogP contribution is -2.11. The van der Waals surface area contributed by atoms with Crippen molar-refractivity contribution in [3.8, 4) is 11.3 Å². The molecule has 4 aromatic rings. The molecule has 124 valence electrons. The monoisotopic (exact) mass is 330 g/mol. The summed E-state index contributed by atoms with van der Waals surface area (Å²) in [6.45, 7) is 6.47. The lowest BCUT2D eigenvalue weighted by molar-refractivity contribution is 0.589. The van der Waals surface area contributed by atoms with Crippen LogP contribution in [-0.4, -0.2) is 9.97 Å². The average molecular weight is 330 g/mol. The minimum Gasteiger partial charge on any atom is -0.454 e. The topological polar surface area (TPSA) is 56.0 Å². The van der Waals surface area contributed by atoms with Crippen molar-refractivity contribution in [1.82, 2.24) is 9.97 Å². The Hall–Kier alpha value is -3.01. The molecule has 0 N–H and O–H groups in total. The predicted molar refractivity (Wildman–Crippen MR) is 99.7 cm³/mol. The fraction of sp³-hybridized carbons (Fsp3) is 0.190. The molecule has 0 aliphatic carbocycles. The van der Waals surface area contributed by atoms with E-state index in [0.29, 0.717) is 21.9 Å². The smallest absolute Gasteiger partial charge is 0.201 e. The third-order valence-electron chi connectivity index (χ3n) is 4.40. The normalized spacial score (nSPS) is 12.0. The largest absolute Gasteiger partial charge is 0.454 e. The van der Waals surface area contributed by atoms with Crippen molar-refractivity contribution in [3.05, 3.63) is 70.8 Å². The zero-order valence-corrected chi connectivity index (χ0v) is 14.4. The lowest BCUT2D eigenvalue weighted by Gasteiger charge is -2.19. The van der Waals surface area contributed by atoms with Crippen LogP contribution in [0, 0.1) is 0 Å². The van der Waals surface area contributed by atoms with Gasteiger partial charge in [0.15, 0.2) is 5.58 Å². The van der Waals surface area contributed by atoms with Crippen molar-refractivity contribution in [3.63, 3.8) is 0 Å². The van der Waals surface area contributed by atoms with Gasteiger partial charge in [0.2, 0.25) is 5.43 Å². The highest BCUT2D eigenvalue weighted by molar-refractivity contribution is 5.98. The zero-order chi connectivity index (χ0) is 17.6. The molecule has 0 saturated heterocycles. The first-order valence-electron chi connectivity index (χ1n) is 8.21. The Bertz CT molecular complexity index is 1150. The van der Waals surface area contributed by atoms with Crippen molar-refractivity contribution >= 4 is 21.9 Å². The van der Waals surface area contributed by atoms with Gasteiger partial charge in [0.1, 0.15) is 5.58 Å². The SMILES string of the molecule is CC(C)(C)c1ccnc(-c2cccc3oc4cnccc4c(=O)c23)c1. The molecule has 0 spiro atoms. The Morgan fingerprint density at radius 3 is 2.64 bits per heavy atom. The van der Waals surface area contributed by atoms with Gasteiger partial charge in [-0.05, 0) is 35.2 Å². The second kappa shape index (κ2) is 5.52. The van der Waals surface area contributed by atoms with Crippen LogP contribution in [0.15, 0.2) is 64.2 Å². The van der Waals surface area contributed by atoms with Gasteiger partial charge in [-0.3, -0.25) is 14.8 Å². The summed E-state index contributed by atoms with van der Waals surface area (Å²) in [6.07, 6.45) is 4.97. The molecule has 3 aromatic heterocycles. The number of pyridine rings is 2. The van der Waals surface area contributed by atoms with Crippen molar-refractivity contribution in [2.45, 2.75) is 26.2 Å². The van der Waals surface area contributed by atoms with Crippen molar-refractivity contribution < 1.29 is 4.42 Å². The van der Waals surface area contributed by atoms with Crippen LogP contribution in [0.25, 0.3) is 33.2 Å². The minimum atomic E-state index is -0.0581. The van der Waals surface area contributed by atoms with E-state index in [1.54, 1.807) is 30.7 Å². The highest BCUT2D eigenvalue weighted by atomic mass is 16.3. The summed E-state index contributed by atoms with van der Waals surface area (Å²) in [5.74, 6) is 0. The molecular formula is C21H18N2O2. The van der Waals surface area contributed by atoms with Crippen LogP contribution >= 0.6 is 0 Å². The second-order valence-electron chi connectivity index (χ2n) is 7.16. The van der Waals surface area contributed by atoms with E-state index in [0.717, 1.165) is 11.3 Å². The van der Waals surface area contributed by atoms with E-state index in [2.05, 4.69) is 30.7 Å². The number of nitrogens with zero attached hydrogens (tertiary/aromatic N) is 2. The Morgan fingerprint density at radius 1 is 1.00 bits per heavy atom. The van der Waals surface area contributed by atoms with Gasteiger partial charge < -0.3 is 4.42 Å². The first kappa shape index (κ1) is 15.5. The van der Waals surface area contributed by atoms with E-state index >= 15 is 0 Å². The number of rotatable bonds is 1. The number of aromatic nitrogens is 2. The second-order valence-corrected chi connectivity index (χ2v) is 7.16.